The lowest BCUT2D eigenvalue weighted by atomic mass is 10.3. The number of halogens is 1. The first-order chi connectivity index (χ1) is 10.5. The number of rotatable bonds is 5. The second-order valence-corrected chi connectivity index (χ2v) is 6.11. The van der Waals surface area contributed by atoms with E-state index in [0.717, 1.165) is 11.8 Å². The van der Waals surface area contributed by atoms with Gasteiger partial charge in [0.05, 0.1) is 5.25 Å². The number of carbonyl (C=O) groups is 1. The number of benzene rings is 1. The molecule has 0 fully saturated rings. The van der Waals surface area contributed by atoms with Crippen LogP contribution in [0, 0.1) is 0 Å². The first-order valence-electron chi connectivity index (χ1n) is 6.58. The van der Waals surface area contributed by atoms with Crippen LogP contribution in [-0.2, 0) is 4.79 Å². The number of amides is 1. The maximum Gasteiger partial charge on any atom is 0.253 e. The number of nitrogens with zero attached hydrogens (tertiary/aromatic N) is 1. The van der Waals surface area contributed by atoms with Crippen molar-refractivity contribution in [1.82, 2.24) is 9.97 Å². The van der Waals surface area contributed by atoms with Crippen LogP contribution in [0.3, 0.4) is 0 Å². The van der Waals surface area contributed by atoms with Gasteiger partial charge in [0.15, 0.2) is 5.16 Å². The molecular weight excluding hydrogens is 324 g/mol. The van der Waals surface area contributed by atoms with Crippen LogP contribution >= 0.6 is 23.4 Å². The maximum absolute atomic E-state index is 12.3. The first-order valence-corrected chi connectivity index (χ1v) is 7.83. The smallest absolute Gasteiger partial charge is 0.253 e. The number of hydrogen-bond acceptors (Lipinski definition) is 5. The normalized spacial score (nSPS) is 11.9. The van der Waals surface area contributed by atoms with Gasteiger partial charge in [-0.2, -0.15) is 0 Å². The van der Waals surface area contributed by atoms with Crippen molar-refractivity contribution in [2.75, 3.05) is 11.1 Å². The topological polar surface area (TPSA) is 101 Å². The zero-order valence-corrected chi connectivity index (χ0v) is 13.4. The van der Waals surface area contributed by atoms with Gasteiger partial charge in [0.1, 0.15) is 5.82 Å². The summed E-state index contributed by atoms with van der Waals surface area (Å²) in [7, 11) is 0. The van der Waals surface area contributed by atoms with Crippen molar-refractivity contribution in [3.8, 4) is 0 Å². The molecule has 0 bridgehead atoms. The van der Waals surface area contributed by atoms with Crippen LogP contribution in [0.15, 0.2) is 40.3 Å². The minimum Gasteiger partial charge on any atom is -0.383 e. The Morgan fingerprint density at radius 1 is 1.45 bits per heavy atom. The van der Waals surface area contributed by atoms with E-state index in [-0.39, 0.29) is 17.3 Å². The molecule has 1 atom stereocenters. The molecule has 116 valence electrons. The summed E-state index contributed by atoms with van der Waals surface area (Å²) in [6.45, 7) is 1.88. The Balaban J connectivity index is 2.08. The van der Waals surface area contributed by atoms with Crippen LogP contribution in [0.1, 0.15) is 13.3 Å². The van der Waals surface area contributed by atoms with E-state index in [0.29, 0.717) is 22.3 Å². The Kier molecular flexibility index (Phi) is 5.46. The van der Waals surface area contributed by atoms with Crippen molar-refractivity contribution in [2.45, 2.75) is 23.8 Å². The second-order valence-electron chi connectivity index (χ2n) is 4.49. The molecule has 0 spiro atoms. The van der Waals surface area contributed by atoms with Gasteiger partial charge in [-0.1, -0.05) is 30.3 Å². The average molecular weight is 339 g/mol. The molecule has 0 aliphatic heterocycles. The van der Waals surface area contributed by atoms with Gasteiger partial charge in [0.2, 0.25) is 5.91 Å². The highest BCUT2D eigenvalue weighted by Crippen LogP contribution is 2.23. The number of anilines is 2. The molecule has 6 nitrogen and oxygen atoms in total. The third-order valence-electron chi connectivity index (χ3n) is 2.77. The summed E-state index contributed by atoms with van der Waals surface area (Å²) in [6, 6.07) is 8.03. The third kappa shape index (κ3) is 4.51. The molecular formula is C14H15ClN4O2S. The van der Waals surface area contributed by atoms with Gasteiger partial charge in [-0.05, 0) is 30.7 Å². The predicted octanol–water partition coefficient (Wildman–Crippen LogP) is 2.51. The molecule has 1 unspecified atom stereocenters. The van der Waals surface area contributed by atoms with Crippen LogP contribution in [0.4, 0.5) is 11.5 Å². The maximum atomic E-state index is 12.3. The fourth-order valence-corrected chi connectivity index (χ4v) is 2.77. The summed E-state index contributed by atoms with van der Waals surface area (Å²) in [5.41, 5.74) is 5.84. The largest absolute Gasteiger partial charge is 0.383 e. The van der Waals surface area contributed by atoms with E-state index in [9.17, 15) is 9.59 Å². The molecule has 22 heavy (non-hydrogen) atoms. The number of nitrogens with one attached hydrogen (secondary N) is 2. The summed E-state index contributed by atoms with van der Waals surface area (Å²) in [6.07, 6.45) is 0.572. The third-order valence-corrected chi connectivity index (χ3v) is 4.27. The predicted molar refractivity (Wildman–Crippen MR) is 89.3 cm³/mol. The number of thioether (sulfide) groups is 1. The Labute approximate surface area is 136 Å². The molecule has 2 aromatic rings. The molecule has 0 saturated heterocycles. The van der Waals surface area contributed by atoms with Crippen molar-refractivity contribution in [3.05, 3.63) is 45.7 Å². The number of H-pyrrole nitrogens is 1. The van der Waals surface area contributed by atoms with Crippen LogP contribution in [0.5, 0.6) is 0 Å². The Hall–Kier alpha value is -1.99. The molecule has 0 radical (unpaired) electrons. The summed E-state index contributed by atoms with van der Waals surface area (Å²) in [5.74, 6) is -0.0564. The second kappa shape index (κ2) is 7.33. The quantitative estimate of drug-likeness (QED) is 0.574. The van der Waals surface area contributed by atoms with Crippen LogP contribution in [0.25, 0.3) is 0 Å². The Morgan fingerprint density at radius 2 is 2.14 bits per heavy atom. The zero-order chi connectivity index (χ0) is 16.1. The molecule has 4 N–H and O–H groups in total. The number of hydrogen-bond donors (Lipinski definition) is 3. The molecule has 2 rings (SSSR count). The zero-order valence-electron chi connectivity index (χ0n) is 11.8. The SMILES string of the molecule is CCC(Sc1nc(N)cc(=O)[nH]1)C(=O)Nc1ccc(Cl)cc1. The van der Waals surface area contributed by atoms with Gasteiger partial charge < -0.3 is 16.0 Å². The van der Waals surface area contributed by atoms with Gasteiger partial charge >= 0.3 is 0 Å². The number of aromatic amines is 1. The number of nitrogen functional groups attached to an aromatic ring is 1. The highest BCUT2D eigenvalue weighted by Gasteiger charge is 2.19. The van der Waals surface area contributed by atoms with Crippen molar-refractivity contribution in [3.63, 3.8) is 0 Å². The van der Waals surface area contributed by atoms with E-state index in [4.69, 9.17) is 17.3 Å². The van der Waals surface area contributed by atoms with E-state index >= 15 is 0 Å². The fourth-order valence-electron chi connectivity index (χ4n) is 1.72. The summed E-state index contributed by atoms with van der Waals surface area (Å²) < 4.78 is 0. The van der Waals surface area contributed by atoms with E-state index in [1.165, 1.54) is 6.07 Å². The Bertz CT molecular complexity index is 718. The number of aromatic nitrogens is 2. The molecule has 1 aromatic heterocycles. The van der Waals surface area contributed by atoms with Crippen molar-refractivity contribution < 1.29 is 4.79 Å². The van der Waals surface area contributed by atoms with E-state index < -0.39 is 5.25 Å². The molecule has 1 aromatic carbocycles. The Morgan fingerprint density at radius 3 is 2.73 bits per heavy atom. The average Bonchev–Trinajstić information content (AvgIpc) is 2.46. The number of nitrogens with two attached hydrogens (primary N) is 1. The van der Waals surface area contributed by atoms with Gasteiger partial charge in [-0.15, -0.1) is 0 Å². The van der Waals surface area contributed by atoms with Crippen LogP contribution in [-0.4, -0.2) is 21.1 Å². The van der Waals surface area contributed by atoms with Gasteiger partial charge in [-0.3, -0.25) is 9.59 Å². The minimum atomic E-state index is -0.402. The molecule has 0 aliphatic carbocycles. The lowest BCUT2D eigenvalue weighted by molar-refractivity contribution is -0.115. The summed E-state index contributed by atoms with van der Waals surface area (Å²) in [4.78, 5) is 30.2. The minimum absolute atomic E-state index is 0.124. The van der Waals surface area contributed by atoms with Crippen LogP contribution < -0.4 is 16.6 Å². The van der Waals surface area contributed by atoms with Crippen molar-refractivity contribution >= 4 is 40.8 Å². The molecule has 8 heteroatoms. The summed E-state index contributed by atoms with van der Waals surface area (Å²) in [5, 5.41) is 3.32. The van der Waals surface area contributed by atoms with Crippen LogP contribution in [0.2, 0.25) is 5.02 Å². The standard InChI is InChI=1S/C14H15ClN4O2S/c1-2-10(22-14-18-11(16)7-12(20)19-14)13(21)17-9-5-3-8(15)4-6-9/h3-7,10H,2H2,1H3,(H,17,21)(H3,16,18,19,20). The van der Waals surface area contributed by atoms with Gasteiger partial charge in [-0.25, -0.2) is 4.98 Å². The fraction of sp³-hybridized carbons (Fsp3) is 0.214. The molecule has 0 saturated carbocycles. The van der Waals surface area contributed by atoms with Crippen molar-refractivity contribution in [2.24, 2.45) is 0 Å². The van der Waals surface area contributed by atoms with E-state index in [1.54, 1.807) is 24.3 Å². The number of carbonyl (C=O) groups excluding carboxylic acids is 1. The first kappa shape index (κ1) is 16.4. The molecule has 1 amide bonds. The van der Waals surface area contributed by atoms with E-state index in [1.807, 2.05) is 6.92 Å². The highest BCUT2D eigenvalue weighted by molar-refractivity contribution is 8.00. The lowest BCUT2D eigenvalue weighted by Gasteiger charge is -2.14. The monoisotopic (exact) mass is 338 g/mol. The molecule has 0 aliphatic rings. The van der Waals surface area contributed by atoms with Gasteiger partial charge in [0, 0.05) is 16.8 Å². The molecule has 1 heterocycles. The lowest BCUT2D eigenvalue weighted by Crippen LogP contribution is -2.25. The summed E-state index contributed by atoms with van der Waals surface area (Å²) >= 11 is 6.97. The highest BCUT2D eigenvalue weighted by atomic mass is 35.5. The van der Waals surface area contributed by atoms with Gasteiger partial charge in [0.25, 0.3) is 5.56 Å². The van der Waals surface area contributed by atoms with E-state index in [2.05, 4.69) is 15.3 Å². The van der Waals surface area contributed by atoms with Crippen molar-refractivity contribution in [1.29, 1.82) is 0 Å².